The van der Waals surface area contributed by atoms with E-state index in [1.54, 1.807) is 12.1 Å². The van der Waals surface area contributed by atoms with Crippen molar-refractivity contribution in [2.75, 3.05) is 19.9 Å². The van der Waals surface area contributed by atoms with Gasteiger partial charge in [0.2, 0.25) is 0 Å². The molecule has 0 bridgehead atoms. The number of fused-ring (bicyclic) bond motifs is 4. The highest BCUT2D eigenvalue weighted by Gasteiger charge is 2.24. The lowest BCUT2D eigenvalue weighted by molar-refractivity contribution is 0.0968. The van der Waals surface area contributed by atoms with Gasteiger partial charge in [0.05, 0.1) is 17.7 Å². The van der Waals surface area contributed by atoms with Gasteiger partial charge in [0.15, 0.2) is 11.3 Å². The summed E-state index contributed by atoms with van der Waals surface area (Å²) in [5.74, 6) is 1.15. The standard InChI is InChI=1S/C30H24ClNO6/c1-2-35-26-9-5-7-19-14-22(30(34)38-28(19)26)21-15-27(33)37-29-20(21)10-11-25-23(29)16-32(17-36-25)13-12-18-6-3-4-8-24(18)31/h3-11,14-15H,2,12-13,16-17H2,1H3. The average molecular weight is 530 g/mol. The van der Waals surface area contributed by atoms with Gasteiger partial charge in [-0.15, -0.1) is 0 Å². The van der Waals surface area contributed by atoms with Gasteiger partial charge < -0.3 is 18.3 Å². The number of halogens is 1. The van der Waals surface area contributed by atoms with E-state index in [1.165, 1.54) is 6.07 Å². The topological polar surface area (TPSA) is 82.1 Å². The van der Waals surface area contributed by atoms with Gasteiger partial charge in [-0.2, -0.15) is 0 Å². The lowest BCUT2D eigenvalue weighted by Crippen LogP contribution is -2.33. The molecule has 3 aromatic carbocycles. The number of para-hydroxylation sites is 1. The molecule has 0 saturated carbocycles. The van der Waals surface area contributed by atoms with E-state index >= 15 is 0 Å². The summed E-state index contributed by atoms with van der Waals surface area (Å²) in [7, 11) is 0. The van der Waals surface area contributed by atoms with Gasteiger partial charge in [0, 0.05) is 40.5 Å². The maximum absolute atomic E-state index is 13.1. The maximum Gasteiger partial charge on any atom is 0.344 e. The van der Waals surface area contributed by atoms with E-state index in [1.807, 2.05) is 55.5 Å². The molecule has 0 saturated heterocycles. The number of hydrogen-bond donors (Lipinski definition) is 0. The van der Waals surface area contributed by atoms with Crippen molar-refractivity contribution < 1.29 is 18.3 Å². The second kappa shape index (κ2) is 10.0. The Balaban J connectivity index is 1.41. The summed E-state index contributed by atoms with van der Waals surface area (Å²) in [5, 5.41) is 2.06. The van der Waals surface area contributed by atoms with Gasteiger partial charge >= 0.3 is 11.3 Å². The van der Waals surface area contributed by atoms with Crippen LogP contribution in [0, 0.1) is 0 Å². The van der Waals surface area contributed by atoms with Crippen LogP contribution in [0.4, 0.5) is 0 Å². The number of nitrogens with zero attached hydrogens (tertiary/aromatic N) is 1. The van der Waals surface area contributed by atoms with Gasteiger partial charge in [-0.05, 0) is 49.2 Å². The van der Waals surface area contributed by atoms with E-state index in [0.717, 1.165) is 22.6 Å². The highest BCUT2D eigenvalue weighted by Crippen LogP contribution is 2.36. The van der Waals surface area contributed by atoms with E-state index in [9.17, 15) is 9.59 Å². The summed E-state index contributed by atoms with van der Waals surface area (Å²) < 4.78 is 23.0. The summed E-state index contributed by atoms with van der Waals surface area (Å²) in [6, 6.07) is 19.9. The van der Waals surface area contributed by atoms with E-state index in [-0.39, 0.29) is 5.56 Å². The molecule has 38 heavy (non-hydrogen) atoms. The average Bonchev–Trinajstić information content (AvgIpc) is 2.92. The Morgan fingerprint density at radius 2 is 1.82 bits per heavy atom. The predicted molar refractivity (Wildman–Crippen MR) is 146 cm³/mol. The van der Waals surface area contributed by atoms with Crippen LogP contribution in [0.3, 0.4) is 0 Å². The predicted octanol–water partition coefficient (Wildman–Crippen LogP) is 6.01. The van der Waals surface area contributed by atoms with E-state index < -0.39 is 11.3 Å². The zero-order chi connectivity index (χ0) is 26.2. The van der Waals surface area contributed by atoms with Crippen molar-refractivity contribution in [2.24, 2.45) is 0 Å². The van der Waals surface area contributed by atoms with Gasteiger partial charge in [0.1, 0.15) is 18.1 Å². The Kier molecular flexibility index (Phi) is 6.39. The second-order valence-electron chi connectivity index (χ2n) is 9.12. The zero-order valence-corrected chi connectivity index (χ0v) is 21.4. The fourth-order valence-electron chi connectivity index (χ4n) is 4.90. The Morgan fingerprint density at radius 3 is 2.66 bits per heavy atom. The molecule has 3 heterocycles. The van der Waals surface area contributed by atoms with Crippen molar-refractivity contribution in [3.05, 3.63) is 104 Å². The van der Waals surface area contributed by atoms with E-state index in [4.69, 9.17) is 29.9 Å². The Bertz CT molecular complexity index is 1790. The third-order valence-electron chi connectivity index (χ3n) is 6.73. The van der Waals surface area contributed by atoms with E-state index in [2.05, 4.69) is 4.90 Å². The largest absolute Gasteiger partial charge is 0.490 e. The third-order valence-corrected chi connectivity index (χ3v) is 7.09. The molecule has 0 atom stereocenters. The summed E-state index contributed by atoms with van der Waals surface area (Å²) >= 11 is 6.33. The number of benzene rings is 3. The van der Waals surface area contributed by atoms with Crippen molar-refractivity contribution in [3.8, 4) is 22.6 Å². The van der Waals surface area contributed by atoms with Crippen LogP contribution in [0.2, 0.25) is 5.02 Å². The number of ether oxygens (including phenoxy) is 2. The first-order valence-corrected chi connectivity index (χ1v) is 12.8. The second-order valence-corrected chi connectivity index (χ2v) is 9.53. The van der Waals surface area contributed by atoms with Crippen molar-refractivity contribution in [1.29, 1.82) is 0 Å². The molecule has 8 heteroatoms. The van der Waals surface area contributed by atoms with Gasteiger partial charge in [-0.25, -0.2) is 9.59 Å². The van der Waals surface area contributed by atoms with Crippen LogP contribution in [0.15, 0.2) is 85.2 Å². The summed E-state index contributed by atoms with van der Waals surface area (Å²) in [6.07, 6.45) is 0.750. The normalized spacial score (nSPS) is 13.4. The molecule has 0 radical (unpaired) electrons. The number of hydrogen-bond acceptors (Lipinski definition) is 7. The molecule has 1 aliphatic heterocycles. The molecule has 5 aromatic rings. The lowest BCUT2D eigenvalue weighted by Gasteiger charge is -2.29. The Morgan fingerprint density at radius 1 is 0.947 bits per heavy atom. The minimum absolute atomic E-state index is 0.274. The molecule has 0 fully saturated rings. The van der Waals surface area contributed by atoms with Gasteiger partial charge in [-0.1, -0.05) is 41.9 Å². The van der Waals surface area contributed by atoms with Crippen molar-refractivity contribution >= 4 is 33.5 Å². The molecule has 0 spiro atoms. The first kappa shape index (κ1) is 24.3. The fourth-order valence-corrected chi connectivity index (χ4v) is 5.13. The summed E-state index contributed by atoms with van der Waals surface area (Å²) in [5.41, 5.74) is 2.19. The van der Waals surface area contributed by atoms with Crippen LogP contribution in [-0.2, 0) is 13.0 Å². The van der Waals surface area contributed by atoms with E-state index in [0.29, 0.717) is 65.4 Å². The Labute approximate surface area is 222 Å². The smallest absolute Gasteiger partial charge is 0.344 e. The summed E-state index contributed by atoms with van der Waals surface area (Å²) in [6.45, 7) is 3.94. The van der Waals surface area contributed by atoms with Gasteiger partial charge in [-0.3, -0.25) is 4.90 Å². The summed E-state index contributed by atoms with van der Waals surface area (Å²) in [4.78, 5) is 28.0. The monoisotopic (exact) mass is 529 g/mol. The molecule has 1 aliphatic rings. The van der Waals surface area contributed by atoms with Gasteiger partial charge in [0.25, 0.3) is 0 Å². The molecule has 0 aliphatic carbocycles. The third kappa shape index (κ3) is 4.44. The molecule has 0 N–H and O–H groups in total. The Hall–Kier alpha value is -4.07. The SMILES string of the molecule is CCOc1cccc2cc(-c3cc(=O)oc4c5c(ccc34)OCN(CCc3ccccc3Cl)C5)c(=O)oc12. The van der Waals surface area contributed by atoms with Crippen LogP contribution >= 0.6 is 11.6 Å². The van der Waals surface area contributed by atoms with Crippen LogP contribution < -0.4 is 20.7 Å². The lowest BCUT2D eigenvalue weighted by atomic mass is 9.99. The zero-order valence-electron chi connectivity index (χ0n) is 20.7. The molecule has 6 rings (SSSR count). The van der Waals surface area contributed by atoms with Crippen LogP contribution in [0.1, 0.15) is 18.1 Å². The molecule has 0 amide bonds. The van der Waals surface area contributed by atoms with Crippen LogP contribution in [0.5, 0.6) is 11.5 Å². The van der Waals surface area contributed by atoms with Crippen molar-refractivity contribution in [1.82, 2.24) is 4.90 Å². The minimum atomic E-state index is -0.563. The fraction of sp³-hybridized carbons (Fsp3) is 0.200. The van der Waals surface area contributed by atoms with Crippen molar-refractivity contribution in [2.45, 2.75) is 19.9 Å². The first-order valence-electron chi connectivity index (χ1n) is 12.4. The minimum Gasteiger partial charge on any atom is -0.490 e. The molecule has 7 nitrogen and oxygen atoms in total. The molecular weight excluding hydrogens is 506 g/mol. The highest BCUT2D eigenvalue weighted by molar-refractivity contribution is 6.31. The highest BCUT2D eigenvalue weighted by atomic mass is 35.5. The molecular formula is C30H24ClNO6. The maximum atomic E-state index is 13.1. The molecule has 192 valence electrons. The van der Waals surface area contributed by atoms with Crippen molar-refractivity contribution in [3.63, 3.8) is 0 Å². The van der Waals surface area contributed by atoms with Crippen LogP contribution in [-0.4, -0.2) is 24.8 Å². The van der Waals surface area contributed by atoms with Crippen LogP contribution in [0.25, 0.3) is 33.1 Å². The quantitative estimate of drug-likeness (QED) is 0.249. The first-order chi connectivity index (χ1) is 18.5. The molecule has 0 unspecified atom stereocenters. The number of rotatable bonds is 6. The molecule has 2 aromatic heterocycles.